The highest BCUT2D eigenvalue weighted by atomic mass is 15.3. The number of nitrogens with zero attached hydrogens (tertiary/aromatic N) is 2. The lowest BCUT2D eigenvalue weighted by Gasteiger charge is -2.43. The first-order valence-electron chi connectivity index (χ1n) is 7.23. The normalized spacial score (nSPS) is 37.3. The summed E-state index contributed by atoms with van der Waals surface area (Å²) in [6.07, 6.45) is 8.14. The summed E-state index contributed by atoms with van der Waals surface area (Å²) in [5, 5.41) is 8.08. The van der Waals surface area contributed by atoms with Gasteiger partial charge < -0.3 is 5.32 Å². The molecule has 1 aromatic heterocycles. The molecule has 18 heavy (non-hydrogen) atoms. The van der Waals surface area contributed by atoms with Crippen molar-refractivity contribution in [2.24, 2.45) is 16.7 Å². The smallest absolute Gasteiger partial charge is 0.0534 e. The molecular formula is C15H25N3. The second kappa shape index (κ2) is 4.09. The molecule has 2 aliphatic rings. The fraction of sp³-hybridized carbons (Fsp3) is 0.800. The molecular weight excluding hydrogens is 222 g/mol. The fourth-order valence-corrected chi connectivity index (χ4v) is 4.57. The van der Waals surface area contributed by atoms with Gasteiger partial charge in [-0.15, -0.1) is 0 Å². The maximum absolute atomic E-state index is 4.26. The Bertz CT molecular complexity index is 405. The lowest BCUT2D eigenvalue weighted by Crippen LogP contribution is -2.51. The average Bonchev–Trinajstić information content (AvgIpc) is 2.96. The monoisotopic (exact) mass is 247 g/mol. The van der Waals surface area contributed by atoms with Crippen LogP contribution in [0.15, 0.2) is 18.5 Å². The molecule has 1 unspecified atom stereocenters. The highest BCUT2D eigenvalue weighted by molar-refractivity contribution is 5.11. The molecule has 0 aromatic carbocycles. The summed E-state index contributed by atoms with van der Waals surface area (Å²) in [5.74, 6) is 0.921. The highest BCUT2D eigenvalue weighted by Gasteiger charge is 2.58. The first kappa shape index (κ1) is 12.2. The number of aromatic nitrogens is 2. The van der Waals surface area contributed by atoms with Crippen molar-refractivity contribution in [1.29, 1.82) is 0 Å². The zero-order valence-electron chi connectivity index (χ0n) is 11.8. The van der Waals surface area contributed by atoms with Gasteiger partial charge in [-0.05, 0) is 42.1 Å². The van der Waals surface area contributed by atoms with E-state index < -0.39 is 0 Å². The molecule has 1 N–H and O–H groups in total. The van der Waals surface area contributed by atoms with Gasteiger partial charge in [-0.25, -0.2) is 0 Å². The van der Waals surface area contributed by atoms with Crippen molar-refractivity contribution in [1.82, 2.24) is 15.1 Å². The van der Waals surface area contributed by atoms with Crippen LogP contribution < -0.4 is 5.32 Å². The van der Waals surface area contributed by atoms with E-state index in [1.807, 2.05) is 23.1 Å². The molecule has 3 atom stereocenters. The van der Waals surface area contributed by atoms with Crippen LogP contribution in [0.2, 0.25) is 0 Å². The Morgan fingerprint density at radius 3 is 2.83 bits per heavy atom. The fourth-order valence-electron chi connectivity index (χ4n) is 4.57. The Balaban J connectivity index is 1.62. The van der Waals surface area contributed by atoms with E-state index in [4.69, 9.17) is 0 Å². The van der Waals surface area contributed by atoms with Crippen molar-refractivity contribution in [3.63, 3.8) is 0 Å². The van der Waals surface area contributed by atoms with Crippen LogP contribution in [-0.4, -0.2) is 22.4 Å². The van der Waals surface area contributed by atoms with Gasteiger partial charge in [0, 0.05) is 25.0 Å². The number of rotatable bonds is 4. The molecule has 100 valence electrons. The summed E-state index contributed by atoms with van der Waals surface area (Å²) < 4.78 is 2.01. The third-order valence-corrected chi connectivity index (χ3v) is 5.52. The van der Waals surface area contributed by atoms with Crippen LogP contribution >= 0.6 is 0 Å². The molecule has 0 saturated heterocycles. The SMILES string of the molecule is CC1(C)C(NCCn2cccn2)[C@]2(C)CC[C@H]1C2. The predicted octanol–water partition coefficient (Wildman–Crippen LogP) is 2.69. The summed E-state index contributed by atoms with van der Waals surface area (Å²) in [6, 6.07) is 2.65. The average molecular weight is 247 g/mol. The third-order valence-electron chi connectivity index (χ3n) is 5.52. The Morgan fingerprint density at radius 2 is 2.22 bits per heavy atom. The van der Waals surface area contributed by atoms with Crippen molar-refractivity contribution in [2.45, 2.75) is 52.6 Å². The zero-order chi connectivity index (χ0) is 12.8. The lowest BCUT2D eigenvalue weighted by atomic mass is 9.68. The van der Waals surface area contributed by atoms with E-state index in [1.54, 1.807) is 0 Å². The van der Waals surface area contributed by atoms with Gasteiger partial charge in [0.15, 0.2) is 0 Å². The molecule has 3 heteroatoms. The molecule has 0 radical (unpaired) electrons. The largest absolute Gasteiger partial charge is 0.311 e. The van der Waals surface area contributed by atoms with Crippen molar-refractivity contribution < 1.29 is 0 Å². The van der Waals surface area contributed by atoms with E-state index in [0.717, 1.165) is 19.0 Å². The minimum Gasteiger partial charge on any atom is -0.311 e. The first-order chi connectivity index (χ1) is 8.52. The maximum atomic E-state index is 4.26. The topological polar surface area (TPSA) is 29.9 Å². The second-order valence-electron chi connectivity index (χ2n) is 7.07. The van der Waals surface area contributed by atoms with Crippen LogP contribution in [0, 0.1) is 16.7 Å². The van der Waals surface area contributed by atoms with E-state index in [0.29, 0.717) is 16.9 Å². The van der Waals surface area contributed by atoms with Crippen LogP contribution in [0.5, 0.6) is 0 Å². The number of nitrogens with one attached hydrogen (secondary N) is 1. The summed E-state index contributed by atoms with van der Waals surface area (Å²) in [5.41, 5.74) is 0.982. The first-order valence-corrected chi connectivity index (χ1v) is 7.23. The van der Waals surface area contributed by atoms with Gasteiger partial charge in [-0.2, -0.15) is 5.10 Å². The molecule has 0 aliphatic heterocycles. The zero-order valence-corrected chi connectivity index (χ0v) is 11.8. The molecule has 0 spiro atoms. The Hall–Kier alpha value is -0.830. The van der Waals surface area contributed by atoms with E-state index in [2.05, 4.69) is 31.2 Å². The molecule has 2 bridgehead atoms. The van der Waals surface area contributed by atoms with Gasteiger partial charge in [-0.3, -0.25) is 4.68 Å². The molecule has 3 nitrogen and oxygen atoms in total. The van der Waals surface area contributed by atoms with Gasteiger partial charge in [0.1, 0.15) is 0 Å². The van der Waals surface area contributed by atoms with E-state index in [9.17, 15) is 0 Å². The van der Waals surface area contributed by atoms with Crippen molar-refractivity contribution in [3.8, 4) is 0 Å². The van der Waals surface area contributed by atoms with Gasteiger partial charge in [-0.1, -0.05) is 20.8 Å². The summed E-state index contributed by atoms with van der Waals surface area (Å²) in [4.78, 5) is 0. The van der Waals surface area contributed by atoms with Gasteiger partial charge in [0.2, 0.25) is 0 Å². The number of fused-ring (bicyclic) bond motifs is 2. The van der Waals surface area contributed by atoms with Gasteiger partial charge in [0.25, 0.3) is 0 Å². The number of hydrogen-bond donors (Lipinski definition) is 1. The molecule has 2 saturated carbocycles. The van der Waals surface area contributed by atoms with Crippen molar-refractivity contribution in [2.75, 3.05) is 6.54 Å². The van der Waals surface area contributed by atoms with Crippen LogP contribution in [-0.2, 0) is 6.54 Å². The molecule has 0 amide bonds. The predicted molar refractivity (Wildman–Crippen MR) is 73.2 cm³/mol. The minimum atomic E-state index is 0.455. The summed E-state index contributed by atoms with van der Waals surface area (Å²) in [6.45, 7) is 9.38. The standard InChI is InChI=1S/C15H25N3/c1-14(2)12-5-6-15(3,11-12)13(14)16-8-10-18-9-4-7-17-18/h4,7,9,12-13,16H,5-6,8,10-11H2,1-3H3/t12-,13?,15+/m0/s1. The van der Waals surface area contributed by atoms with Crippen molar-refractivity contribution in [3.05, 3.63) is 18.5 Å². The van der Waals surface area contributed by atoms with Crippen LogP contribution in [0.25, 0.3) is 0 Å². The Morgan fingerprint density at radius 1 is 1.39 bits per heavy atom. The summed E-state index contributed by atoms with van der Waals surface area (Å²) in [7, 11) is 0. The highest BCUT2D eigenvalue weighted by Crippen LogP contribution is 2.62. The van der Waals surface area contributed by atoms with E-state index in [1.165, 1.54) is 19.3 Å². The Labute approximate surface area is 110 Å². The quantitative estimate of drug-likeness (QED) is 0.886. The van der Waals surface area contributed by atoms with Crippen molar-refractivity contribution >= 4 is 0 Å². The maximum Gasteiger partial charge on any atom is 0.0534 e. The molecule has 3 rings (SSSR count). The summed E-state index contributed by atoms with van der Waals surface area (Å²) >= 11 is 0. The number of hydrogen-bond acceptors (Lipinski definition) is 2. The van der Waals surface area contributed by atoms with Gasteiger partial charge >= 0.3 is 0 Å². The van der Waals surface area contributed by atoms with E-state index >= 15 is 0 Å². The third kappa shape index (κ3) is 1.80. The molecule has 2 fully saturated rings. The van der Waals surface area contributed by atoms with Gasteiger partial charge in [0.05, 0.1) is 6.54 Å². The van der Waals surface area contributed by atoms with Crippen LogP contribution in [0.4, 0.5) is 0 Å². The van der Waals surface area contributed by atoms with Crippen LogP contribution in [0.1, 0.15) is 40.0 Å². The van der Waals surface area contributed by atoms with E-state index in [-0.39, 0.29) is 0 Å². The van der Waals surface area contributed by atoms with Crippen LogP contribution in [0.3, 0.4) is 0 Å². The molecule has 2 aliphatic carbocycles. The second-order valence-corrected chi connectivity index (χ2v) is 7.07. The molecule has 1 aromatic rings. The lowest BCUT2D eigenvalue weighted by molar-refractivity contribution is 0.108. The minimum absolute atomic E-state index is 0.455. The Kier molecular flexibility index (Phi) is 2.77. The molecule has 1 heterocycles.